The molecule has 0 bridgehead atoms. The van der Waals surface area contributed by atoms with E-state index in [4.69, 9.17) is 21.1 Å². The molecule has 1 amide bonds. The van der Waals surface area contributed by atoms with Gasteiger partial charge in [0.2, 0.25) is 0 Å². The van der Waals surface area contributed by atoms with E-state index in [1.54, 1.807) is 12.1 Å². The van der Waals surface area contributed by atoms with Crippen molar-refractivity contribution < 1.29 is 18.7 Å². The second-order valence-electron chi connectivity index (χ2n) is 6.00. The van der Waals surface area contributed by atoms with Crippen molar-refractivity contribution in [3.63, 3.8) is 0 Å². The zero-order valence-corrected chi connectivity index (χ0v) is 16.5. The second-order valence-corrected chi connectivity index (χ2v) is 6.41. The highest BCUT2D eigenvalue weighted by Gasteiger charge is 2.16. The molecule has 0 aromatic heterocycles. The zero-order chi connectivity index (χ0) is 20.7. The average Bonchev–Trinajstić information content (AvgIpc) is 2.69. The van der Waals surface area contributed by atoms with Gasteiger partial charge in [-0.1, -0.05) is 18.5 Å². The number of carbonyl (C=O) groups is 1. The van der Waals surface area contributed by atoms with Gasteiger partial charge in [-0.2, -0.15) is 5.26 Å². The smallest absolute Gasteiger partial charge is 0.266 e. The van der Waals surface area contributed by atoms with Crippen LogP contribution in [0.15, 0.2) is 42.0 Å². The van der Waals surface area contributed by atoms with Crippen molar-refractivity contribution in [1.82, 2.24) is 0 Å². The van der Waals surface area contributed by atoms with Crippen LogP contribution < -0.4 is 14.8 Å². The summed E-state index contributed by atoms with van der Waals surface area (Å²) >= 11 is 6.31. The third-order valence-corrected chi connectivity index (χ3v) is 4.20. The molecule has 2 rings (SSSR count). The minimum Gasteiger partial charge on any atom is -0.493 e. The Morgan fingerprint density at radius 2 is 2.04 bits per heavy atom. The number of ether oxygens (including phenoxy) is 2. The van der Waals surface area contributed by atoms with Crippen molar-refractivity contribution in [3.8, 4) is 17.6 Å². The number of amides is 1. The van der Waals surface area contributed by atoms with Gasteiger partial charge in [-0.15, -0.1) is 0 Å². The van der Waals surface area contributed by atoms with Crippen LogP contribution in [-0.4, -0.2) is 19.1 Å². The lowest BCUT2D eigenvalue weighted by Crippen LogP contribution is -2.13. The molecule has 5 nitrogen and oxygen atoms in total. The van der Waals surface area contributed by atoms with E-state index in [0.717, 1.165) is 6.42 Å². The van der Waals surface area contributed by atoms with Crippen LogP contribution in [0.5, 0.6) is 11.5 Å². The Hall–Kier alpha value is -3.04. The molecule has 0 aliphatic rings. The van der Waals surface area contributed by atoms with Crippen molar-refractivity contribution in [3.05, 3.63) is 58.4 Å². The van der Waals surface area contributed by atoms with Crippen LogP contribution in [0.4, 0.5) is 10.1 Å². The standard InChI is InChI=1S/C21H20ClFN2O3/c1-4-13(2)28-20-18(22)10-14(11-19(20)27-3)9-15(12-24)21(26)25-17-7-5-16(23)6-8-17/h5-11,13H,4H2,1-3H3,(H,25,26)/b15-9-/t13-/m0/s1. The molecule has 1 atom stereocenters. The summed E-state index contributed by atoms with van der Waals surface area (Å²) in [4.78, 5) is 12.3. The minimum atomic E-state index is -0.621. The Morgan fingerprint density at radius 1 is 1.36 bits per heavy atom. The van der Waals surface area contributed by atoms with Crippen molar-refractivity contribution in [2.45, 2.75) is 26.4 Å². The summed E-state index contributed by atoms with van der Waals surface area (Å²) in [5.74, 6) is -0.236. The maximum absolute atomic E-state index is 13.0. The largest absolute Gasteiger partial charge is 0.493 e. The number of methoxy groups -OCH3 is 1. The van der Waals surface area contributed by atoms with Gasteiger partial charge >= 0.3 is 0 Å². The SMILES string of the molecule is CC[C@H](C)Oc1c(Cl)cc(/C=C(/C#N)C(=O)Nc2ccc(F)cc2)cc1OC. The minimum absolute atomic E-state index is 0.0519. The van der Waals surface area contributed by atoms with Crippen LogP contribution >= 0.6 is 11.6 Å². The Labute approximate surface area is 168 Å². The molecule has 0 radical (unpaired) electrons. The summed E-state index contributed by atoms with van der Waals surface area (Å²) in [6.07, 6.45) is 2.13. The molecule has 7 heteroatoms. The monoisotopic (exact) mass is 402 g/mol. The molecule has 0 saturated carbocycles. The van der Waals surface area contributed by atoms with Crippen LogP contribution in [0.3, 0.4) is 0 Å². The number of nitrogens with one attached hydrogen (secondary N) is 1. The second kappa shape index (κ2) is 9.77. The van der Waals surface area contributed by atoms with Gasteiger partial charge in [0.15, 0.2) is 11.5 Å². The number of nitriles is 1. The Morgan fingerprint density at radius 3 is 2.61 bits per heavy atom. The van der Waals surface area contributed by atoms with Gasteiger partial charge < -0.3 is 14.8 Å². The van der Waals surface area contributed by atoms with E-state index in [0.29, 0.717) is 27.8 Å². The summed E-state index contributed by atoms with van der Waals surface area (Å²) in [5.41, 5.74) is 0.739. The first kappa shape index (κ1) is 21.3. The molecule has 2 aromatic carbocycles. The van der Waals surface area contributed by atoms with E-state index < -0.39 is 11.7 Å². The van der Waals surface area contributed by atoms with Crippen LogP contribution in [0.25, 0.3) is 6.08 Å². The summed E-state index contributed by atoms with van der Waals surface area (Å²) in [5, 5.41) is 12.2. The third-order valence-electron chi connectivity index (χ3n) is 3.92. The highest BCUT2D eigenvalue weighted by molar-refractivity contribution is 6.32. The lowest BCUT2D eigenvalue weighted by atomic mass is 10.1. The number of anilines is 1. The van der Waals surface area contributed by atoms with E-state index in [1.807, 2.05) is 19.9 Å². The average molecular weight is 403 g/mol. The number of rotatable bonds is 7. The van der Waals surface area contributed by atoms with Gasteiger partial charge in [0.25, 0.3) is 5.91 Å². The van der Waals surface area contributed by atoms with E-state index in [9.17, 15) is 14.4 Å². The maximum atomic E-state index is 13.0. The van der Waals surface area contributed by atoms with Crippen LogP contribution in [-0.2, 0) is 4.79 Å². The van der Waals surface area contributed by atoms with Crippen molar-refractivity contribution >= 4 is 29.3 Å². The summed E-state index contributed by atoms with van der Waals surface area (Å²) in [7, 11) is 1.48. The number of carbonyl (C=O) groups excluding carboxylic acids is 1. The number of hydrogen-bond donors (Lipinski definition) is 1. The van der Waals surface area contributed by atoms with Crippen LogP contribution in [0.1, 0.15) is 25.8 Å². The molecular weight excluding hydrogens is 383 g/mol. The normalized spacial score (nSPS) is 12.1. The Balaban J connectivity index is 2.30. The van der Waals surface area contributed by atoms with E-state index >= 15 is 0 Å². The zero-order valence-electron chi connectivity index (χ0n) is 15.8. The molecule has 0 aliphatic carbocycles. The van der Waals surface area contributed by atoms with Crippen molar-refractivity contribution in [2.75, 3.05) is 12.4 Å². The fourth-order valence-corrected chi connectivity index (χ4v) is 2.53. The number of hydrogen-bond acceptors (Lipinski definition) is 4. The molecule has 0 saturated heterocycles. The molecule has 2 aromatic rings. The van der Waals surface area contributed by atoms with Crippen LogP contribution in [0.2, 0.25) is 5.02 Å². The van der Waals surface area contributed by atoms with Gasteiger partial charge in [-0.05, 0) is 61.4 Å². The van der Waals surface area contributed by atoms with Crippen molar-refractivity contribution in [2.24, 2.45) is 0 Å². The summed E-state index contributed by atoms with van der Waals surface area (Å²) in [6.45, 7) is 3.90. The molecule has 146 valence electrons. The predicted molar refractivity (Wildman–Crippen MR) is 107 cm³/mol. The fraction of sp³-hybridized carbons (Fsp3) is 0.238. The predicted octanol–water partition coefficient (Wildman–Crippen LogP) is 5.21. The van der Waals surface area contributed by atoms with Gasteiger partial charge in [-0.25, -0.2) is 4.39 Å². The molecule has 0 heterocycles. The topological polar surface area (TPSA) is 71.3 Å². The van der Waals surface area contributed by atoms with E-state index in [1.165, 1.54) is 37.5 Å². The molecule has 28 heavy (non-hydrogen) atoms. The fourth-order valence-electron chi connectivity index (χ4n) is 2.27. The number of nitrogens with zero attached hydrogens (tertiary/aromatic N) is 1. The molecule has 0 spiro atoms. The van der Waals surface area contributed by atoms with Gasteiger partial charge in [0.05, 0.1) is 18.2 Å². The third kappa shape index (κ3) is 5.48. The summed E-state index contributed by atoms with van der Waals surface area (Å²) in [6, 6.07) is 10.3. The first-order valence-corrected chi connectivity index (χ1v) is 8.98. The van der Waals surface area contributed by atoms with Gasteiger partial charge in [0.1, 0.15) is 17.5 Å². The molecule has 0 unspecified atom stereocenters. The number of halogens is 2. The number of benzene rings is 2. The highest BCUT2D eigenvalue weighted by Crippen LogP contribution is 2.38. The first-order chi connectivity index (χ1) is 13.4. The Kier molecular flexibility index (Phi) is 7.42. The molecule has 1 N–H and O–H groups in total. The lowest BCUT2D eigenvalue weighted by molar-refractivity contribution is -0.112. The highest BCUT2D eigenvalue weighted by atomic mass is 35.5. The van der Waals surface area contributed by atoms with Gasteiger partial charge in [0, 0.05) is 5.69 Å². The molecular formula is C21H20ClFN2O3. The van der Waals surface area contributed by atoms with Crippen molar-refractivity contribution in [1.29, 1.82) is 5.26 Å². The molecule has 0 aliphatic heterocycles. The molecule has 0 fully saturated rings. The van der Waals surface area contributed by atoms with E-state index in [2.05, 4.69) is 5.32 Å². The quantitative estimate of drug-likeness (QED) is 0.509. The first-order valence-electron chi connectivity index (χ1n) is 8.60. The van der Waals surface area contributed by atoms with Crippen LogP contribution in [0, 0.1) is 17.1 Å². The van der Waals surface area contributed by atoms with Gasteiger partial charge in [-0.3, -0.25) is 4.79 Å². The summed E-state index contributed by atoms with van der Waals surface area (Å²) < 4.78 is 24.1. The Bertz CT molecular complexity index is 920. The lowest BCUT2D eigenvalue weighted by Gasteiger charge is -2.17. The van der Waals surface area contributed by atoms with E-state index in [-0.39, 0.29) is 11.7 Å². The maximum Gasteiger partial charge on any atom is 0.266 e.